The average molecular weight is 668 g/mol. The van der Waals surface area contributed by atoms with E-state index in [9.17, 15) is 19.2 Å². The Morgan fingerprint density at radius 2 is 1.33 bits per heavy atom. The Labute approximate surface area is 284 Å². The van der Waals surface area contributed by atoms with E-state index >= 15 is 0 Å². The van der Waals surface area contributed by atoms with E-state index in [4.69, 9.17) is 20.9 Å². The summed E-state index contributed by atoms with van der Waals surface area (Å²) in [4.78, 5) is 55.1. The molecule has 0 heterocycles. The summed E-state index contributed by atoms with van der Waals surface area (Å²) in [6.45, 7) is 4.33. The number of nitrogens with two attached hydrogens (primary N) is 2. The average Bonchev–Trinajstić information content (AvgIpc) is 3.07. The predicted molar refractivity (Wildman–Crippen MR) is 186 cm³/mol. The molecule has 7 N–H and O–H groups in total. The molecule has 4 amide bonds. The standard InChI is InChI=1S/C35H53N7O6/c1-28(41-31(43)19-10-2-3-11-21-39-33(36)37)25-32(44)38-20-12-13-23-42(35(46)48-27-30-17-8-5-9-18-30)24-14-22-40-34(45)47-26-29-15-6-4-7-16-29/h4-9,15-18,28H,2-3,10-14,19-27H2,1H3,(H,38,44)(H,40,45)(H,41,43)(H4,36,37,39). The van der Waals surface area contributed by atoms with Gasteiger partial charge in [0.15, 0.2) is 5.96 Å². The number of hydrogen-bond acceptors (Lipinski definition) is 7. The second-order valence-electron chi connectivity index (χ2n) is 11.6. The van der Waals surface area contributed by atoms with Crippen molar-refractivity contribution in [3.05, 3.63) is 71.8 Å². The number of carbonyl (C=O) groups is 4. The summed E-state index contributed by atoms with van der Waals surface area (Å²) in [7, 11) is 0. The van der Waals surface area contributed by atoms with Crippen LogP contribution in [0.1, 0.15) is 75.8 Å². The zero-order valence-corrected chi connectivity index (χ0v) is 28.2. The SMILES string of the molecule is CC(CC(=O)NCCCCN(CCCNC(=O)OCc1ccccc1)C(=O)OCc1ccccc1)NC(=O)CCCCCCN=C(N)N. The van der Waals surface area contributed by atoms with Gasteiger partial charge in [-0.1, -0.05) is 73.5 Å². The number of unbranched alkanes of at least 4 members (excludes halogenated alkanes) is 4. The number of guanidine groups is 1. The molecular weight excluding hydrogens is 614 g/mol. The van der Waals surface area contributed by atoms with Gasteiger partial charge in [-0.3, -0.25) is 14.6 Å². The number of amides is 4. The maximum absolute atomic E-state index is 12.9. The van der Waals surface area contributed by atoms with E-state index < -0.39 is 12.2 Å². The zero-order valence-electron chi connectivity index (χ0n) is 28.2. The van der Waals surface area contributed by atoms with E-state index in [1.807, 2.05) is 67.6 Å². The van der Waals surface area contributed by atoms with Crippen LogP contribution in [0.5, 0.6) is 0 Å². The molecule has 13 nitrogen and oxygen atoms in total. The van der Waals surface area contributed by atoms with Crippen molar-refractivity contribution in [2.75, 3.05) is 32.7 Å². The number of ether oxygens (including phenoxy) is 2. The number of alkyl carbamates (subject to hydrolysis) is 1. The van der Waals surface area contributed by atoms with E-state index in [2.05, 4.69) is 20.9 Å². The fourth-order valence-electron chi connectivity index (χ4n) is 4.70. The first kappa shape index (κ1) is 39.4. The van der Waals surface area contributed by atoms with Crippen LogP contribution in [0.15, 0.2) is 65.7 Å². The second-order valence-corrected chi connectivity index (χ2v) is 11.6. The van der Waals surface area contributed by atoms with Crippen LogP contribution in [0.4, 0.5) is 9.59 Å². The van der Waals surface area contributed by atoms with Gasteiger partial charge in [0.05, 0.1) is 0 Å². The van der Waals surface area contributed by atoms with Crippen LogP contribution >= 0.6 is 0 Å². The zero-order chi connectivity index (χ0) is 34.8. The highest BCUT2D eigenvalue weighted by Crippen LogP contribution is 2.07. The fraction of sp³-hybridized carbons (Fsp3) is 0.514. The Morgan fingerprint density at radius 1 is 0.729 bits per heavy atom. The third-order valence-electron chi connectivity index (χ3n) is 7.23. The van der Waals surface area contributed by atoms with Crippen LogP contribution in [0.3, 0.4) is 0 Å². The molecule has 0 aliphatic carbocycles. The fourth-order valence-corrected chi connectivity index (χ4v) is 4.70. The summed E-state index contributed by atoms with van der Waals surface area (Å²) < 4.78 is 10.8. The summed E-state index contributed by atoms with van der Waals surface area (Å²) in [5.41, 5.74) is 12.4. The molecule has 0 spiro atoms. The lowest BCUT2D eigenvalue weighted by atomic mass is 10.1. The molecule has 0 fully saturated rings. The highest BCUT2D eigenvalue weighted by atomic mass is 16.6. The third kappa shape index (κ3) is 19.6. The number of nitrogens with zero attached hydrogens (tertiary/aromatic N) is 2. The predicted octanol–water partition coefficient (Wildman–Crippen LogP) is 3.96. The molecule has 0 radical (unpaired) electrons. The Morgan fingerprint density at radius 3 is 2.00 bits per heavy atom. The molecule has 0 aromatic heterocycles. The summed E-state index contributed by atoms with van der Waals surface area (Å²) in [5.74, 6) is -0.127. The van der Waals surface area contributed by atoms with E-state index in [0.717, 1.165) is 36.8 Å². The highest BCUT2D eigenvalue weighted by Gasteiger charge is 2.16. The first-order chi connectivity index (χ1) is 23.2. The summed E-state index contributed by atoms with van der Waals surface area (Å²) in [6.07, 6.45) is 4.94. The minimum Gasteiger partial charge on any atom is -0.445 e. The van der Waals surface area contributed by atoms with Crippen molar-refractivity contribution in [1.29, 1.82) is 0 Å². The van der Waals surface area contributed by atoms with Gasteiger partial charge in [0.25, 0.3) is 0 Å². The van der Waals surface area contributed by atoms with Gasteiger partial charge in [-0.05, 0) is 50.2 Å². The Bertz CT molecular complexity index is 1240. The van der Waals surface area contributed by atoms with E-state index in [0.29, 0.717) is 58.4 Å². The topological polar surface area (TPSA) is 190 Å². The first-order valence-electron chi connectivity index (χ1n) is 16.7. The highest BCUT2D eigenvalue weighted by molar-refractivity contribution is 5.79. The number of carbonyl (C=O) groups excluding carboxylic acids is 4. The van der Waals surface area contributed by atoms with Crippen LogP contribution in [0, 0.1) is 0 Å². The Kier molecular flexibility index (Phi) is 20.0. The van der Waals surface area contributed by atoms with Gasteiger partial charge in [-0.2, -0.15) is 0 Å². The molecule has 1 unspecified atom stereocenters. The number of benzene rings is 2. The van der Waals surface area contributed by atoms with Gasteiger partial charge < -0.3 is 41.8 Å². The third-order valence-corrected chi connectivity index (χ3v) is 7.23. The van der Waals surface area contributed by atoms with E-state index in [1.54, 1.807) is 4.90 Å². The molecule has 0 aliphatic heterocycles. The molecule has 1 atom stereocenters. The second kappa shape index (κ2) is 24.4. The minimum absolute atomic E-state index is 0.0713. The molecular formula is C35H53N7O6. The summed E-state index contributed by atoms with van der Waals surface area (Å²) in [6, 6.07) is 18.6. The van der Waals surface area contributed by atoms with E-state index in [-0.39, 0.29) is 43.5 Å². The summed E-state index contributed by atoms with van der Waals surface area (Å²) >= 11 is 0. The smallest absolute Gasteiger partial charge is 0.410 e. The number of rotatable bonds is 23. The molecule has 2 aromatic rings. The molecule has 48 heavy (non-hydrogen) atoms. The summed E-state index contributed by atoms with van der Waals surface area (Å²) in [5, 5.41) is 8.49. The lowest BCUT2D eigenvalue weighted by molar-refractivity contribution is -0.123. The minimum atomic E-state index is -0.519. The number of hydrogen-bond donors (Lipinski definition) is 5. The maximum Gasteiger partial charge on any atom is 0.410 e. The molecule has 0 saturated carbocycles. The van der Waals surface area contributed by atoms with Gasteiger partial charge >= 0.3 is 12.2 Å². The normalized spacial score (nSPS) is 11.1. The van der Waals surface area contributed by atoms with Gasteiger partial charge in [-0.15, -0.1) is 0 Å². The monoisotopic (exact) mass is 667 g/mol. The quantitative estimate of drug-likeness (QED) is 0.0668. The van der Waals surface area contributed by atoms with Crippen molar-refractivity contribution in [3.8, 4) is 0 Å². The van der Waals surface area contributed by atoms with Crippen molar-refractivity contribution in [2.24, 2.45) is 16.5 Å². The van der Waals surface area contributed by atoms with Gasteiger partial charge in [0.2, 0.25) is 11.8 Å². The van der Waals surface area contributed by atoms with Crippen molar-refractivity contribution in [1.82, 2.24) is 20.9 Å². The van der Waals surface area contributed by atoms with Crippen LogP contribution < -0.4 is 27.4 Å². The van der Waals surface area contributed by atoms with Crippen LogP contribution in [0.2, 0.25) is 0 Å². The molecule has 13 heteroatoms. The van der Waals surface area contributed by atoms with Crippen molar-refractivity contribution in [2.45, 2.75) is 84.0 Å². The van der Waals surface area contributed by atoms with Crippen molar-refractivity contribution >= 4 is 30.0 Å². The molecule has 2 aromatic carbocycles. The lowest BCUT2D eigenvalue weighted by Crippen LogP contribution is -2.38. The molecule has 0 bridgehead atoms. The van der Waals surface area contributed by atoms with Crippen LogP contribution in [0.25, 0.3) is 0 Å². The van der Waals surface area contributed by atoms with Crippen molar-refractivity contribution in [3.63, 3.8) is 0 Å². The molecule has 0 saturated heterocycles. The Balaban J connectivity index is 1.65. The maximum atomic E-state index is 12.9. The molecule has 264 valence electrons. The molecule has 2 rings (SSSR count). The van der Waals surface area contributed by atoms with Gasteiger partial charge in [-0.25, -0.2) is 9.59 Å². The number of nitrogens with one attached hydrogen (secondary N) is 3. The van der Waals surface area contributed by atoms with E-state index in [1.165, 1.54) is 0 Å². The first-order valence-corrected chi connectivity index (χ1v) is 16.7. The van der Waals surface area contributed by atoms with Crippen LogP contribution in [-0.2, 0) is 32.3 Å². The number of aliphatic imine (C=N–C) groups is 1. The Hall–Kier alpha value is -4.81. The van der Waals surface area contributed by atoms with Crippen LogP contribution in [-0.4, -0.2) is 73.6 Å². The molecule has 0 aliphatic rings. The van der Waals surface area contributed by atoms with Gasteiger partial charge in [0, 0.05) is 51.6 Å². The largest absolute Gasteiger partial charge is 0.445 e. The lowest BCUT2D eigenvalue weighted by Gasteiger charge is -2.22. The van der Waals surface area contributed by atoms with Gasteiger partial charge in [0.1, 0.15) is 13.2 Å². The van der Waals surface area contributed by atoms with Crippen molar-refractivity contribution < 1.29 is 28.7 Å².